The normalized spacial score (nSPS) is 25.3. The third kappa shape index (κ3) is 1.65. The van der Waals surface area contributed by atoms with Crippen molar-refractivity contribution in [2.75, 3.05) is 13.1 Å². The van der Waals surface area contributed by atoms with E-state index < -0.39 is 0 Å². The standard InChI is InChI=1S/C12H19N3O/c1-12(5-2-6-12)11-14-10(15-16-11)9-3-7-13-8-4-9/h9,13H,2-8H2,1H3. The van der Waals surface area contributed by atoms with E-state index in [4.69, 9.17) is 4.52 Å². The summed E-state index contributed by atoms with van der Waals surface area (Å²) in [6, 6.07) is 0. The van der Waals surface area contributed by atoms with Gasteiger partial charge in [-0.2, -0.15) is 4.98 Å². The lowest BCUT2D eigenvalue weighted by molar-refractivity contribution is 0.194. The smallest absolute Gasteiger partial charge is 0.232 e. The Bertz CT molecular complexity index is 364. The van der Waals surface area contributed by atoms with E-state index in [2.05, 4.69) is 22.4 Å². The molecule has 0 aromatic carbocycles. The molecule has 2 aliphatic rings. The highest BCUT2D eigenvalue weighted by atomic mass is 16.5. The van der Waals surface area contributed by atoms with Crippen LogP contribution in [0.15, 0.2) is 4.52 Å². The SMILES string of the molecule is CC1(c2nc(C3CCNCC3)no2)CCC1. The lowest BCUT2D eigenvalue weighted by atomic mass is 9.70. The third-order valence-corrected chi connectivity index (χ3v) is 4.12. The molecular weight excluding hydrogens is 202 g/mol. The quantitative estimate of drug-likeness (QED) is 0.829. The Balaban J connectivity index is 1.76. The van der Waals surface area contributed by atoms with Crippen molar-refractivity contribution in [2.45, 2.75) is 50.4 Å². The van der Waals surface area contributed by atoms with Gasteiger partial charge in [0.15, 0.2) is 5.82 Å². The van der Waals surface area contributed by atoms with Crippen LogP contribution in [0.4, 0.5) is 0 Å². The van der Waals surface area contributed by atoms with Crippen LogP contribution in [0.25, 0.3) is 0 Å². The first-order valence-corrected chi connectivity index (χ1v) is 6.33. The molecule has 16 heavy (non-hydrogen) atoms. The van der Waals surface area contributed by atoms with Gasteiger partial charge in [-0.3, -0.25) is 0 Å². The molecule has 1 aliphatic carbocycles. The molecule has 0 spiro atoms. The summed E-state index contributed by atoms with van der Waals surface area (Å²) >= 11 is 0. The maximum atomic E-state index is 5.44. The van der Waals surface area contributed by atoms with Gasteiger partial charge in [-0.25, -0.2) is 0 Å². The number of piperidine rings is 1. The summed E-state index contributed by atoms with van der Waals surface area (Å²) in [5.74, 6) is 2.30. The van der Waals surface area contributed by atoms with Crippen molar-refractivity contribution in [2.24, 2.45) is 0 Å². The molecule has 88 valence electrons. The molecule has 1 aromatic heterocycles. The highest BCUT2D eigenvalue weighted by Crippen LogP contribution is 2.42. The summed E-state index contributed by atoms with van der Waals surface area (Å²) in [6.07, 6.45) is 5.95. The average molecular weight is 221 g/mol. The van der Waals surface area contributed by atoms with Gasteiger partial charge >= 0.3 is 0 Å². The first kappa shape index (κ1) is 10.3. The molecule has 4 nitrogen and oxygen atoms in total. The highest BCUT2D eigenvalue weighted by Gasteiger charge is 2.39. The summed E-state index contributed by atoms with van der Waals surface area (Å²) in [5, 5.41) is 7.53. The average Bonchev–Trinajstić information content (AvgIpc) is 2.77. The zero-order valence-electron chi connectivity index (χ0n) is 9.83. The summed E-state index contributed by atoms with van der Waals surface area (Å²) in [5.41, 5.74) is 0.179. The minimum atomic E-state index is 0.179. The molecule has 1 N–H and O–H groups in total. The lowest BCUT2D eigenvalue weighted by Gasteiger charge is -2.34. The van der Waals surface area contributed by atoms with Crippen molar-refractivity contribution in [3.05, 3.63) is 11.7 Å². The second-order valence-corrected chi connectivity index (χ2v) is 5.40. The maximum absolute atomic E-state index is 5.44. The van der Waals surface area contributed by atoms with Gasteiger partial charge in [0, 0.05) is 11.3 Å². The molecule has 1 saturated carbocycles. The molecule has 2 fully saturated rings. The van der Waals surface area contributed by atoms with Crippen LogP contribution in [0.2, 0.25) is 0 Å². The van der Waals surface area contributed by atoms with Crippen molar-refractivity contribution in [3.63, 3.8) is 0 Å². The van der Waals surface area contributed by atoms with E-state index in [-0.39, 0.29) is 5.41 Å². The van der Waals surface area contributed by atoms with E-state index in [0.717, 1.165) is 37.6 Å². The van der Waals surface area contributed by atoms with Gasteiger partial charge < -0.3 is 9.84 Å². The molecule has 0 bridgehead atoms. The fourth-order valence-corrected chi connectivity index (χ4v) is 2.65. The first-order chi connectivity index (χ1) is 7.78. The van der Waals surface area contributed by atoms with E-state index in [1.165, 1.54) is 19.3 Å². The zero-order valence-corrected chi connectivity index (χ0v) is 9.83. The van der Waals surface area contributed by atoms with Crippen LogP contribution < -0.4 is 5.32 Å². The molecular formula is C12H19N3O. The lowest BCUT2D eigenvalue weighted by Crippen LogP contribution is -2.31. The van der Waals surface area contributed by atoms with E-state index in [1.54, 1.807) is 0 Å². The molecule has 1 saturated heterocycles. The predicted molar refractivity (Wildman–Crippen MR) is 60.3 cm³/mol. The van der Waals surface area contributed by atoms with Gasteiger partial charge in [0.25, 0.3) is 0 Å². The number of nitrogens with one attached hydrogen (secondary N) is 1. The van der Waals surface area contributed by atoms with Gasteiger partial charge in [-0.15, -0.1) is 0 Å². The monoisotopic (exact) mass is 221 g/mol. The van der Waals surface area contributed by atoms with Crippen molar-refractivity contribution in [1.29, 1.82) is 0 Å². The van der Waals surface area contributed by atoms with E-state index in [1.807, 2.05) is 0 Å². The Morgan fingerprint density at radius 1 is 1.31 bits per heavy atom. The van der Waals surface area contributed by atoms with E-state index in [0.29, 0.717) is 5.92 Å². The van der Waals surface area contributed by atoms with Crippen molar-refractivity contribution in [3.8, 4) is 0 Å². The minimum Gasteiger partial charge on any atom is -0.339 e. The van der Waals surface area contributed by atoms with E-state index >= 15 is 0 Å². The molecule has 0 unspecified atom stereocenters. The van der Waals surface area contributed by atoms with Crippen molar-refractivity contribution >= 4 is 0 Å². The predicted octanol–water partition coefficient (Wildman–Crippen LogP) is 1.98. The number of nitrogens with zero attached hydrogens (tertiary/aromatic N) is 2. The van der Waals surface area contributed by atoms with Gasteiger partial charge in [-0.1, -0.05) is 18.5 Å². The number of rotatable bonds is 2. The Labute approximate surface area is 95.8 Å². The Morgan fingerprint density at radius 2 is 2.06 bits per heavy atom. The van der Waals surface area contributed by atoms with Crippen LogP contribution in [0.1, 0.15) is 56.7 Å². The second kappa shape index (κ2) is 3.84. The molecule has 0 amide bonds. The van der Waals surface area contributed by atoms with Crippen molar-refractivity contribution < 1.29 is 4.52 Å². The van der Waals surface area contributed by atoms with Crippen LogP contribution >= 0.6 is 0 Å². The molecule has 4 heteroatoms. The highest BCUT2D eigenvalue weighted by molar-refractivity contribution is 5.09. The minimum absolute atomic E-state index is 0.179. The van der Waals surface area contributed by atoms with Crippen LogP contribution in [0.5, 0.6) is 0 Å². The Hall–Kier alpha value is -0.900. The Kier molecular flexibility index (Phi) is 2.46. The zero-order chi connectivity index (χ0) is 11.0. The fraction of sp³-hybridized carbons (Fsp3) is 0.833. The third-order valence-electron chi connectivity index (χ3n) is 4.12. The maximum Gasteiger partial charge on any atom is 0.232 e. The molecule has 0 atom stereocenters. The molecule has 2 heterocycles. The van der Waals surface area contributed by atoms with Crippen molar-refractivity contribution in [1.82, 2.24) is 15.5 Å². The van der Waals surface area contributed by atoms with Crippen LogP contribution in [0, 0.1) is 0 Å². The van der Waals surface area contributed by atoms with Gasteiger partial charge in [0.1, 0.15) is 0 Å². The molecule has 1 aromatic rings. The van der Waals surface area contributed by atoms with Crippen LogP contribution in [0.3, 0.4) is 0 Å². The topological polar surface area (TPSA) is 51.0 Å². The van der Waals surface area contributed by atoms with Gasteiger partial charge in [-0.05, 0) is 38.8 Å². The number of hydrogen-bond acceptors (Lipinski definition) is 4. The summed E-state index contributed by atoms with van der Waals surface area (Å²) in [4.78, 5) is 4.62. The fourth-order valence-electron chi connectivity index (χ4n) is 2.65. The summed E-state index contributed by atoms with van der Waals surface area (Å²) in [6.45, 7) is 4.38. The largest absolute Gasteiger partial charge is 0.339 e. The van der Waals surface area contributed by atoms with Crippen LogP contribution in [-0.4, -0.2) is 23.2 Å². The van der Waals surface area contributed by atoms with Gasteiger partial charge in [0.2, 0.25) is 5.89 Å². The van der Waals surface area contributed by atoms with Gasteiger partial charge in [0.05, 0.1) is 0 Å². The summed E-state index contributed by atoms with van der Waals surface area (Å²) in [7, 11) is 0. The van der Waals surface area contributed by atoms with E-state index in [9.17, 15) is 0 Å². The molecule has 0 radical (unpaired) electrons. The van der Waals surface area contributed by atoms with Crippen LogP contribution in [-0.2, 0) is 5.41 Å². The molecule has 1 aliphatic heterocycles. The second-order valence-electron chi connectivity index (χ2n) is 5.40. The first-order valence-electron chi connectivity index (χ1n) is 6.33. The number of aromatic nitrogens is 2. The summed E-state index contributed by atoms with van der Waals surface area (Å²) < 4.78 is 5.44. The molecule has 3 rings (SSSR count). The number of hydrogen-bond donors (Lipinski definition) is 1. The Morgan fingerprint density at radius 3 is 2.69 bits per heavy atom.